The van der Waals surface area contributed by atoms with Gasteiger partial charge >= 0.3 is 6.03 Å². The van der Waals surface area contributed by atoms with Crippen molar-refractivity contribution in [3.8, 4) is 0 Å². The predicted molar refractivity (Wildman–Crippen MR) is 90.5 cm³/mol. The van der Waals surface area contributed by atoms with Gasteiger partial charge in [-0.25, -0.2) is 9.48 Å². The lowest BCUT2D eigenvalue weighted by Gasteiger charge is -2.30. The molecule has 2 atom stereocenters. The zero-order chi connectivity index (χ0) is 17.5. The maximum absolute atomic E-state index is 12.1. The largest absolute Gasteiger partial charge is 0.335 e. The summed E-state index contributed by atoms with van der Waals surface area (Å²) in [6.07, 6.45) is 2.00. The number of carbonyl (C=O) groups excluding carboxylic acids is 2. The van der Waals surface area contributed by atoms with E-state index >= 15 is 0 Å². The van der Waals surface area contributed by atoms with Crippen LogP contribution in [0.2, 0.25) is 0 Å². The summed E-state index contributed by atoms with van der Waals surface area (Å²) < 4.78 is 1.64. The minimum absolute atomic E-state index is 0.0348. The smallest absolute Gasteiger partial charge is 0.320 e. The third-order valence-corrected chi connectivity index (χ3v) is 4.13. The Bertz CT molecular complexity index is 643. The van der Waals surface area contributed by atoms with Gasteiger partial charge in [0.05, 0.1) is 5.69 Å². The number of urea groups is 1. The van der Waals surface area contributed by atoms with E-state index < -0.39 is 6.29 Å². The van der Waals surface area contributed by atoms with Gasteiger partial charge in [-0.3, -0.25) is 15.4 Å². The molecule has 0 aromatic carbocycles. The highest BCUT2D eigenvalue weighted by Gasteiger charge is 2.30. The molecule has 1 aliphatic carbocycles. The number of aromatic nitrogens is 2. The summed E-state index contributed by atoms with van der Waals surface area (Å²) in [4.78, 5) is 24.0. The Hall–Kier alpha value is -2.09. The summed E-state index contributed by atoms with van der Waals surface area (Å²) in [7, 11) is 0. The Kier molecular flexibility index (Phi) is 4.25. The van der Waals surface area contributed by atoms with Crippen molar-refractivity contribution < 1.29 is 9.59 Å². The Morgan fingerprint density at radius 2 is 2.08 bits per heavy atom. The highest BCUT2D eigenvalue weighted by Crippen LogP contribution is 2.26. The van der Waals surface area contributed by atoms with E-state index in [0.717, 1.165) is 18.5 Å². The molecule has 8 heteroatoms. The van der Waals surface area contributed by atoms with Crippen LogP contribution in [0.3, 0.4) is 0 Å². The molecule has 1 saturated heterocycles. The minimum Gasteiger partial charge on any atom is -0.335 e. The van der Waals surface area contributed by atoms with Crippen molar-refractivity contribution in [2.45, 2.75) is 70.7 Å². The van der Waals surface area contributed by atoms with E-state index in [4.69, 9.17) is 0 Å². The van der Waals surface area contributed by atoms with Gasteiger partial charge in [0, 0.05) is 30.0 Å². The second-order valence-corrected chi connectivity index (χ2v) is 7.72. The van der Waals surface area contributed by atoms with Crippen LogP contribution in [-0.2, 0) is 10.2 Å². The van der Waals surface area contributed by atoms with Gasteiger partial charge in [-0.1, -0.05) is 20.8 Å². The molecule has 0 bridgehead atoms. The van der Waals surface area contributed by atoms with Gasteiger partial charge in [0.25, 0.3) is 0 Å². The monoisotopic (exact) mass is 334 g/mol. The Morgan fingerprint density at radius 1 is 1.38 bits per heavy atom. The average Bonchev–Trinajstić information content (AvgIpc) is 3.13. The fourth-order valence-corrected chi connectivity index (χ4v) is 2.61. The molecule has 8 nitrogen and oxygen atoms in total. The van der Waals surface area contributed by atoms with Crippen LogP contribution in [0, 0.1) is 0 Å². The molecule has 3 amide bonds. The quantitative estimate of drug-likeness (QED) is 0.671. The lowest BCUT2D eigenvalue weighted by Crippen LogP contribution is -2.52. The number of hydrogen-bond donors (Lipinski definition) is 4. The van der Waals surface area contributed by atoms with Crippen LogP contribution in [0.4, 0.5) is 10.6 Å². The molecule has 2 unspecified atom stereocenters. The predicted octanol–water partition coefficient (Wildman–Crippen LogP) is 1.42. The summed E-state index contributed by atoms with van der Waals surface area (Å²) in [5.41, 5.74) is 0.678. The van der Waals surface area contributed by atoms with Crippen molar-refractivity contribution in [1.82, 2.24) is 25.7 Å². The Labute approximate surface area is 141 Å². The van der Waals surface area contributed by atoms with Crippen molar-refractivity contribution >= 4 is 17.8 Å². The lowest BCUT2D eigenvalue weighted by atomic mass is 9.92. The second-order valence-electron chi connectivity index (χ2n) is 7.72. The summed E-state index contributed by atoms with van der Waals surface area (Å²) >= 11 is 0. The highest BCUT2D eigenvalue weighted by atomic mass is 16.2. The van der Waals surface area contributed by atoms with E-state index in [1.165, 1.54) is 0 Å². The van der Waals surface area contributed by atoms with Gasteiger partial charge in [-0.15, -0.1) is 0 Å². The van der Waals surface area contributed by atoms with Gasteiger partial charge in [0.15, 0.2) is 6.29 Å². The van der Waals surface area contributed by atoms with Gasteiger partial charge in [-0.05, 0) is 19.8 Å². The number of rotatable bonds is 3. The maximum Gasteiger partial charge on any atom is 0.320 e. The zero-order valence-electron chi connectivity index (χ0n) is 14.6. The van der Waals surface area contributed by atoms with Gasteiger partial charge in [-0.2, -0.15) is 5.10 Å². The molecule has 4 N–H and O–H groups in total. The second kappa shape index (κ2) is 6.08. The molecule has 1 aromatic rings. The van der Waals surface area contributed by atoms with Crippen molar-refractivity contribution in [1.29, 1.82) is 0 Å². The molecule has 3 rings (SSSR count). The number of anilines is 1. The zero-order valence-corrected chi connectivity index (χ0v) is 14.6. The number of nitrogens with one attached hydrogen (secondary N) is 4. The molecule has 0 spiro atoms. The summed E-state index contributed by atoms with van der Waals surface area (Å²) in [5, 5.41) is 16.5. The fraction of sp³-hybridized carbons (Fsp3) is 0.688. The fourth-order valence-electron chi connectivity index (χ4n) is 2.61. The number of nitrogens with zero attached hydrogens (tertiary/aromatic N) is 2. The first-order valence-corrected chi connectivity index (χ1v) is 8.45. The van der Waals surface area contributed by atoms with E-state index in [-0.39, 0.29) is 29.4 Å². The molecule has 132 valence electrons. The standard InChI is InChI=1S/C16H26N6O2/c1-9-7-13(23)20-14(17-9)22-12(8-11(21-22)16(2,3)4)19-15(24)18-10-5-6-10/h8-10,14,17H,5-7H2,1-4H3,(H,20,23)(H2,18,19,24). The maximum atomic E-state index is 12.1. The Balaban J connectivity index is 1.85. The van der Waals surface area contributed by atoms with Crippen molar-refractivity contribution in [3.05, 3.63) is 11.8 Å². The molecular formula is C16H26N6O2. The summed E-state index contributed by atoms with van der Waals surface area (Å²) in [5.74, 6) is 0.525. The first kappa shape index (κ1) is 16.8. The van der Waals surface area contributed by atoms with E-state index in [1.54, 1.807) is 4.68 Å². The summed E-state index contributed by atoms with van der Waals surface area (Å²) in [6.45, 7) is 8.13. The molecule has 1 saturated carbocycles. The molecule has 2 aliphatic rings. The van der Waals surface area contributed by atoms with Crippen LogP contribution in [0.15, 0.2) is 6.07 Å². The molecular weight excluding hydrogens is 308 g/mol. The average molecular weight is 334 g/mol. The minimum atomic E-state index is -0.478. The van der Waals surface area contributed by atoms with E-state index in [9.17, 15) is 9.59 Å². The molecule has 0 radical (unpaired) electrons. The van der Waals surface area contributed by atoms with E-state index in [0.29, 0.717) is 12.2 Å². The summed E-state index contributed by atoms with van der Waals surface area (Å²) in [6, 6.07) is 1.93. The van der Waals surface area contributed by atoms with Crippen LogP contribution >= 0.6 is 0 Å². The van der Waals surface area contributed by atoms with E-state index in [2.05, 4.69) is 47.1 Å². The van der Waals surface area contributed by atoms with Crippen molar-refractivity contribution in [3.63, 3.8) is 0 Å². The van der Waals surface area contributed by atoms with Crippen LogP contribution < -0.4 is 21.3 Å². The first-order chi connectivity index (χ1) is 11.2. The number of amides is 3. The van der Waals surface area contributed by atoms with Crippen LogP contribution in [0.5, 0.6) is 0 Å². The van der Waals surface area contributed by atoms with Gasteiger partial charge in [0.1, 0.15) is 5.82 Å². The SMILES string of the molecule is CC1CC(=O)NC(n2nc(C(C)(C)C)cc2NC(=O)NC2CC2)N1. The Morgan fingerprint density at radius 3 is 2.67 bits per heavy atom. The molecule has 2 heterocycles. The van der Waals surface area contributed by atoms with Gasteiger partial charge in [0.2, 0.25) is 5.91 Å². The van der Waals surface area contributed by atoms with Crippen LogP contribution in [-0.4, -0.2) is 33.8 Å². The lowest BCUT2D eigenvalue weighted by molar-refractivity contribution is -0.125. The first-order valence-electron chi connectivity index (χ1n) is 8.45. The normalized spacial score (nSPS) is 24.4. The third-order valence-electron chi connectivity index (χ3n) is 4.13. The number of carbonyl (C=O) groups is 2. The molecule has 1 aromatic heterocycles. The highest BCUT2D eigenvalue weighted by molar-refractivity contribution is 5.89. The molecule has 1 aliphatic heterocycles. The van der Waals surface area contributed by atoms with Gasteiger partial charge < -0.3 is 10.6 Å². The third kappa shape index (κ3) is 3.87. The van der Waals surface area contributed by atoms with Crippen LogP contribution in [0.25, 0.3) is 0 Å². The molecule has 2 fully saturated rings. The van der Waals surface area contributed by atoms with Crippen molar-refractivity contribution in [2.24, 2.45) is 0 Å². The molecule has 24 heavy (non-hydrogen) atoms. The van der Waals surface area contributed by atoms with Crippen molar-refractivity contribution in [2.75, 3.05) is 5.32 Å². The van der Waals surface area contributed by atoms with Crippen LogP contribution in [0.1, 0.15) is 58.9 Å². The number of hydrogen-bond acceptors (Lipinski definition) is 4. The topological polar surface area (TPSA) is 100 Å². The van der Waals surface area contributed by atoms with E-state index in [1.807, 2.05) is 13.0 Å².